The summed E-state index contributed by atoms with van der Waals surface area (Å²) in [6, 6.07) is 4.20. The van der Waals surface area contributed by atoms with Crippen molar-refractivity contribution < 1.29 is 4.42 Å². The van der Waals surface area contributed by atoms with Gasteiger partial charge in [0, 0.05) is 22.0 Å². The van der Waals surface area contributed by atoms with E-state index in [0.717, 1.165) is 23.1 Å². The molecule has 0 saturated heterocycles. The van der Waals surface area contributed by atoms with Crippen LogP contribution in [0.1, 0.15) is 25.0 Å². The van der Waals surface area contributed by atoms with Gasteiger partial charge in [0.25, 0.3) is 0 Å². The zero-order valence-electron chi connectivity index (χ0n) is 10.5. The van der Waals surface area contributed by atoms with Crippen molar-refractivity contribution in [3.05, 3.63) is 34.0 Å². The van der Waals surface area contributed by atoms with Gasteiger partial charge in [-0.15, -0.1) is 0 Å². The molecule has 2 rings (SSSR count). The van der Waals surface area contributed by atoms with Crippen LogP contribution >= 0.6 is 15.9 Å². The molecule has 2 nitrogen and oxygen atoms in total. The molecule has 92 valence electrons. The fourth-order valence-corrected chi connectivity index (χ4v) is 2.52. The van der Waals surface area contributed by atoms with Gasteiger partial charge in [-0.2, -0.15) is 0 Å². The molecule has 1 aromatic heterocycles. The van der Waals surface area contributed by atoms with Crippen molar-refractivity contribution >= 4 is 26.9 Å². The second-order valence-electron chi connectivity index (χ2n) is 4.89. The fourth-order valence-electron chi connectivity index (χ4n) is 1.95. The zero-order valence-corrected chi connectivity index (χ0v) is 12.1. The third-order valence-corrected chi connectivity index (χ3v) is 3.23. The van der Waals surface area contributed by atoms with E-state index in [2.05, 4.69) is 54.2 Å². The Kier molecular flexibility index (Phi) is 3.89. The lowest BCUT2D eigenvalue weighted by molar-refractivity contribution is 0.546. The van der Waals surface area contributed by atoms with E-state index in [-0.39, 0.29) is 0 Å². The lowest BCUT2D eigenvalue weighted by atomic mass is 10.1. The van der Waals surface area contributed by atoms with Gasteiger partial charge < -0.3 is 9.73 Å². The van der Waals surface area contributed by atoms with Crippen LogP contribution in [0.4, 0.5) is 0 Å². The smallest absolute Gasteiger partial charge is 0.137 e. The first-order chi connectivity index (χ1) is 8.08. The second kappa shape index (κ2) is 5.23. The predicted molar refractivity (Wildman–Crippen MR) is 75.2 cm³/mol. The van der Waals surface area contributed by atoms with Crippen LogP contribution in [0.15, 0.2) is 27.3 Å². The number of halogens is 1. The van der Waals surface area contributed by atoms with Gasteiger partial charge >= 0.3 is 0 Å². The summed E-state index contributed by atoms with van der Waals surface area (Å²) in [7, 11) is 0. The molecule has 0 bridgehead atoms. The number of benzene rings is 1. The van der Waals surface area contributed by atoms with E-state index >= 15 is 0 Å². The summed E-state index contributed by atoms with van der Waals surface area (Å²) < 4.78 is 6.74. The largest absolute Gasteiger partial charge is 0.464 e. The van der Waals surface area contributed by atoms with Crippen molar-refractivity contribution in [2.45, 2.75) is 27.3 Å². The maximum Gasteiger partial charge on any atom is 0.137 e. The Morgan fingerprint density at radius 2 is 2.12 bits per heavy atom. The topological polar surface area (TPSA) is 25.2 Å². The Morgan fingerprint density at radius 1 is 1.35 bits per heavy atom. The molecule has 0 radical (unpaired) electrons. The van der Waals surface area contributed by atoms with Crippen molar-refractivity contribution in [1.29, 1.82) is 0 Å². The standard InChI is InChI=1S/C14H18BrNO/c1-9(2)6-16-7-11-8-17-14-10(3)4-12(15)5-13(11)14/h4-5,8-9,16H,6-7H2,1-3H3. The minimum absolute atomic E-state index is 0.668. The maximum absolute atomic E-state index is 5.63. The number of rotatable bonds is 4. The number of fused-ring (bicyclic) bond motifs is 1. The molecule has 0 amide bonds. The summed E-state index contributed by atoms with van der Waals surface area (Å²) in [5, 5.41) is 4.64. The highest BCUT2D eigenvalue weighted by molar-refractivity contribution is 9.10. The molecule has 0 saturated carbocycles. The highest BCUT2D eigenvalue weighted by atomic mass is 79.9. The minimum Gasteiger partial charge on any atom is -0.464 e. The Labute approximate surface area is 111 Å². The summed E-state index contributed by atoms with van der Waals surface area (Å²) in [6.07, 6.45) is 1.86. The van der Waals surface area contributed by atoms with Gasteiger partial charge in [-0.05, 0) is 37.1 Å². The Hall–Kier alpha value is -0.800. The first-order valence-electron chi connectivity index (χ1n) is 5.95. The second-order valence-corrected chi connectivity index (χ2v) is 5.80. The number of nitrogens with one attached hydrogen (secondary N) is 1. The van der Waals surface area contributed by atoms with E-state index in [1.54, 1.807) is 0 Å². The molecule has 0 aliphatic carbocycles. The fraction of sp³-hybridized carbons (Fsp3) is 0.429. The minimum atomic E-state index is 0.668. The zero-order chi connectivity index (χ0) is 12.4. The molecule has 3 heteroatoms. The van der Waals surface area contributed by atoms with Gasteiger partial charge in [-0.3, -0.25) is 0 Å². The van der Waals surface area contributed by atoms with E-state index in [4.69, 9.17) is 4.42 Å². The highest BCUT2D eigenvalue weighted by Crippen LogP contribution is 2.28. The van der Waals surface area contributed by atoms with Crippen LogP contribution < -0.4 is 5.32 Å². The van der Waals surface area contributed by atoms with Crippen molar-refractivity contribution in [3.8, 4) is 0 Å². The molecule has 2 aromatic rings. The molecule has 0 aliphatic rings. The van der Waals surface area contributed by atoms with E-state index in [9.17, 15) is 0 Å². The molecule has 1 N–H and O–H groups in total. The lowest BCUT2D eigenvalue weighted by Crippen LogP contribution is -2.18. The Morgan fingerprint density at radius 3 is 2.82 bits per heavy atom. The van der Waals surface area contributed by atoms with Crippen molar-refractivity contribution in [3.63, 3.8) is 0 Å². The summed E-state index contributed by atoms with van der Waals surface area (Å²) in [5.41, 5.74) is 3.39. The molecule has 0 spiro atoms. The number of hydrogen-bond acceptors (Lipinski definition) is 2. The predicted octanol–water partition coefficient (Wildman–Crippen LogP) is 4.25. The van der Waals surface area contributed by atoms with Gasteiger partial charge in [0.1, 0.15) is 5.58 Å². The average Bonchev–Trinajstić information content (AvgIpc) is 2.61. The third-order valence-electron chi connectivity index (χ3n) is 2.77. The van der Waals surface area contributed by atoms with Crippen LogP contribution in [-0.2, 0) is 6.54 Å². The van der Waals surface area contributed by atoms with Crippen molar-refractivity contribution in [2.24, 2.45) is 5.92 Å². The summed E-state index contributed by atoms with van der Waals surface area (Å²) >= 11 is 3.53. The number of hydrogen-bond donors (Lipinski definition) is 1. The van der Waals surface area contributed by atoms with Crippen LogP contribution in [0.25, 0.3) is 11.0 Å². The molecule has 1 heterocycles. The Bertz CT molecular complexity index is 516. The lowest BCUT2D eigenvalue weighted by Gasteiger charge is -2.06. The average molecular weight is 296 g/mol. The molecule has 17 heavy (non-hydrogen) atoms. The quantitative estimate of drug-likeness (QED) is 0.912. The van der Waals surface area contributed by atoms with Gasteiger partial charge in [0.05, 0.1) is 6.26 Å². The van der Waals surface area contributed by atoms with Crippen LogP contribution in [0.2, 0.25) is 0 Å². The molecule has 0 unspecified atom stereocenters. The van der Waals surface area contributed by atoms with Crippen LogP contribution in [0.5, 0.6) is 0 Å². The molecule has 0 atom stereocenters. The monoisotopic (exact) mass is 295 g/mol. The molecular formula is C14H18BrNO. The van der Waals surface area contributed by atoms with Crippen LogP contribution in [-0.4, -0.2) is 6.54 Å². The van der Waals surface area contributed by atoms with E-state index in [0.29, 0.717) is 5.92 Å². The summed E-state index contributed by atoms with van der Waals surface area (Å²) in [4.78, 5) is 0. The van der Waals surface area contributed by atoms with Crippen molar-refractivity contribution in [1.82, 2.24) is 5.32 Å². The Balaban J connectivity index is 2.23. The first-order valence-corrected chi connectivity index (χ1v) is 6.74. The van der Waals surface area contributed by atoms with E-state index < -0.39 is 0 Å². The first kappa shape index (κ1) is 12.7. The normalized spacial score (nSPS) is 11.6. The molecule has 0 aliphatic heterocycles. The van der Waals surface area contributed by atoms with Crippen molar-refractivity contribution in [2.75, 3.05) is 6.54 Å². The van der Waals surface area contributed by atoms with E-state index in [1.807, 2.05) is 6.26 Å². The highest BCUT2D eigenvalue weighted by Gasteiger charge is 2.09. The van der Waals surface area contributed by atoms with Crippen LogP contribution in [0, 0.1) is 12.8 Å². The molecule has 0 fully saturated rings. The molecular weight excluding hydrogens is 278 g/mol. The number of aryl methyl sites for hydroxylation is 1. The third kappa shape index (κ3) is 2.90. The van der Waals surface area contributed by atoms with E-state index in [1.165, 1.54) is 16.5 Å². The van der Waals surface area contributed by atoms with Gasteiger partial charge in [-0.25, -0.2) is 0 Å². The maximum atomic E-state index is 5.63. The van der Waals surface area contributed by atoms with Gasteiger partial charge in [-0.1, -0.05) is 29.8 Å². The van der Waals surface area contributed by atoms with Gasteiger partial charge in [0.15, 0.2) is 0 Å². The summed E-state index contributed by atoms with van der Waals surface area (Å²) in [6.45, 7) is 8.38. The van der Waals surface area contributed by atoms with Gasteiger partial charge in [0.2, 0.25) is 0 Å². The SMILES string of the molecule is Cc1cc(Br)cc2c(CNCC(C)C)coc12. The van der Waals surface area contributed by atoms with Crippen LogP contribution in [0.3, 0.4) is 0 Å². The number of furan rings is 1. The molecule has 1 aromatic carbocycles. The summed E-state index contributed by atoms with van der Waals surface area (Å²) in [5.74, 6) is 0.668.